The minimum Gasteiger partial charge on any atom is -0.494 e. The number of fused-ring (bicyclic) bond motifs is 1. The Kier molecular flexibility index (Phi) is 4.79. The fraction of sp³-hybridized carbons (Fsp3) is 0.250. The largest absolute Gasteiger partial charge is 0.494 e. The third kappa shape index (κ3) is 3.04. The molecular formula is C20H19Cl2N3O. The number of anilines is 1. The topological polar surface area (TPSA) is 39.1 Å². The number of ether oxygens (including phenoxy) is 1. The molecule has 2 heterocycles. The zero-order chi connectivity index (χ0) is 18.1. The van der Waals surface area contributed by atoms with Crippen molar-refractivity contribution in [1.82, 2.24) is 9.78 Å². The molecule has 0 aliphatic carbocycles. The maximum absolute atomic E-state index is 6.48. The van der Waals surface area contributed by atoms with Gasteiger partial charge in [0.25, 0.3) is 0 Å². The van der Waals surface area contributed by atoms with Crippen molar-refractivity contribution in [2.75, 3.05) is 19.0 Å². The van der Waals surface area contributed by atoms with Crippen LogP contribution >= 0.6 is 23.2 Å². The average molecular weight is 388 g/mol. The first-order chi connectivity index (χ1) is 12.7. The van der Waals surface area contributed by atoms with Crippen LogP contribution in [-0.2, 0) is 6.42 Å². The molecule has 0 spiro atoms. The molecule has 0 saturated heterocycles. The molecule has 6 heteroatoms. The number of methoxy groups -OCH3 is 1. The van der Waals surface area contributed by atoms with Crippen LogP contribution in [0.3, 0.4) is 0 Å². The second-order valence-corrected chi connectivity index (χ2v) is 7.11. The first kappa shape index (κ1) is 17.3. The molecule has 0 bridgehead atoms. The monoisotopic (exact) mass is 387 g/mol. The first-order valence-electron chi connectivity index (χ1n) is 8.63. The molecule has 0 amide bonds. The van der Waals surface area contributed by atoms with Crippen LogP contribution in [0.4, 0.5) is 5.82 Å². The Hall–Kier alpha value is -2.17. The van der Waals surface area contributed by atoms with Gasteiger partial charge in [-0.15, -0.1) is 0 Å². The van der Waals surface area contributed by atoms with Crippen molar-refractivity contribution >= 4 is 29.0 Å². The molecule has 4 nitrogen and oxygen atoms in total. The van der Waals surface area contributed by atoms with Crippen molar-refractivity contribution in [3.8, 4) is 22.7 Å². The van der Waals surface area contributed by atoms with Gasteiger partial charge in [0.1, 0.15) is 17.3 Å². The van der Waals surface area contributed by atoms with E-state index in [1.54, 1.807) is 13.2 Å². The van der Waals surface area contributed by atoms with Crippen LogP contribution in [0.2, 0.25) is 10.0 Å². The molecule has 0 atom stereocenters. The Bertz CT molecular complexity index is 952. The molecule has 2 aromatic carbocycles. The zero-order valence-electron chi connectivity index (χ0n) is 14.4. The Morgan fingerprint density at radius 1 is 1.12 bits per heavy atom. The van der Waals surface area contributed by atoms with E-state index < -0.39 is 0 Å². The third-order valence-corrected chi connectivity index (χ3v) is 5.18. The predicted molar refractivity (Wildman–Crippen MR) is 107 cm³/mol. The van der Waals surface area contributed by atoms with Crippen LogP contribution in [0.15, 0.2) is 42.5 Å². The van der Waals surface area contributed by atoms with Crippen molar-refractivity contribution in [2.45, 2.75) is 19.3 Å². The molecule has 0 unspecified atom stereocenters. The van der Waals surface area contributed by atoms with E-state index in [-0.39, 0.29) is 0 Å². The van der Waals surface area contributed by atoms with Gasteiger partial charge in [-0.05, 0) is 49.6 Å². The van der Waals surface area contributed by atoms with Gasteiger partial charge in [0.15, 0.2) is 0 Å². The molecule has 0 radical (unpaired) electrons. The van der Waals surface area contributed by atoms with Gasteiger partial charge in [0, 0.05) is 22.7 Å². The highest BCUT2D eigenvalue weighted by molar-refractivity contribution is 6.36. The summed E-state index contributed by atoms with van der Waals surface area (Å²) in [7, 11) is 1.67. The maximum atomic E-state index is 6.48. The molecule has 1 N–H and O–H groups in total. The lowest BCUT2D eigenvalue weighted by atomic mass is 10.0. The van der Waals surface area contributed by atoms with Gasteiger partial charge in [-0.25, -0.2) is 4.68 Å². The first-order valence-corrected chi connectivity index (χ1v) is 9.39. The highest BCUT2D eigenvalue weighted by atomic mass is 35.5. The van der Waals surface area contributed by atoms with E-state index in [2.05, 4.69) is 5.32 Å². The maximum Gasteiger partial charge on any atom is 0.144 e. The van der Waals surface area contributed by atoms with E-state index in [1.165, 1.54) is 5.56 Å². The number of benzene rings is 2. The summed E-state index contributed by atoms with van der Waals surface area (Å²) in [4.78, 5) is 0. The van der Waals surface area contributed by atoms with Crippen molar-refractivity contribution in [2.24, 2.45) is 0 Å². The molecule has 1 aliphatic heterocycles. The summed E-state index contributed by atoms with van der Waals surface area (Å²) in [6.07, 6.45) is 3.18. The van der Waals surface area contributed by atoms with Crippen LogP contribution < -0.4 is 10.1 Å². The van der Waals surface area contributed by atoms with Crippen LogP contribution in [0.1, 0.15) is 18.4 Å². The Morgan fingerprint density at radius 2 is 1.96 bits per heavy atom. The summed E-state index contributed by atoms with van der Waals surface area (Å²) in [5.41, 5.74) is 3.86. The predicted octanol–water partition coefficient (Wildman–Crippen LogP) is 5.60. The Labute approximate surface area is 162 Å². The summed E-state index contributed by atoms with van der Waals surface area (Å²) in [5, 5.41) is 9.68. The smallest absolute Gasteiger partial charge is 0.144 e. The lowest BCUT2D eigenvalue weighted by Crippen LogP contribution is -2.08. The van der Waals surface area contributed by atoms with E-state index in [4.69, 9.17) is 33.0 Å². The molecule has 0 saturated carbocycles. The number of nitrogens with one attached hydrogen (secondary N) is 1. The van der Waals surface area contributed by atoms with E-state index in [0.29, 0.717) is 10.0 Å². The molecule has 1 aromatic heterocycles. The van der Waals surface area contributed by atoms with Crippen LogP contribution in [0, 0.1) is 0 Å². The van der Waals surface area contributed by atoms with Crippen LogP contribution in [-0.4, -0.2) is 23.4 Å². The molecular weight excluding hydrogens is 369 g/mol. The lowest BCUT2D eigenvalue weighted by molar-refractivity contribution is 0.412. The SMILES string of the molecule is COc1ccccc1-n1nc(-c2ccc(Cl)cc2Cl)c2c1NCCCC2. The molecule has 134 valence electrons. The van der Waals surface area contributed by atoms with Crippen molar-refractivity contribution in [3.05, 3.63) is 58.1 Å². The normalized spacial score (nSPS) is 13.7. The fourth-order valence-corrected chi connectivity index (χ4v) is 3.88. The van der Waals surface area contributed by atoms with Gasteiger partial charge in [0.05, 0.1) is 17.8 Å². The highest BCUT2D eigenvalue weighted by Crippen LogP contribution is 2.39. The van der Waals surface area contributed by atoms with Crippen molar-refractivity contribution in [3.63, 3.8) is 0 Å². The van der Waals surface area contributed by atoms with Crippen molar-refractivity contribution in [1.29, 1.82) is 0 Å². The van der Waals surface area contributed by atoms with Gasteiger partial charge >= 0.3 is 0 Å². The fourth-order valence-electron chi connectivity index (χ4n) is 3.38. The van der Waals surface area contributed by atoms with E-state index >= 15 is 0 Å². The number of hydrogen-bond donors (Lipinski definition) is 1. The summed E-state index contributed by atoms with van der Waals surface area (Å²) in [5.74, 6) is 1.78. The molecule has 26 heavy (non-hydrogen) atoms. The highest BCUT2D eigenvalue weighted by Gasteiger charge is 2.24. The lowest BCUT2D eigenvalue weighted by Gasteiger charge is -2.12. The number of para-hydroxylation sites is 2. The second kappa shape index (κ2) is 7.22. The van der Waals surface area contributed by atoms with Gasteiger partial charge < -0.3 is 10.1 Å². The summed E-state index contributed by atoms with van der Waals surface area (Å²) >= 11 is 12.6. The Balaban J connectivity index is 1.95. The second-order valence-electron chi connectivity index (χ2n) is 6.27. The number of hydrogen-bond acceptors (Lipinski definition) is 3. The van der Waals surface area contributed by atoms with Crippen LogP contribution in [0.25, 0.3) is 16.9 Å². The molecule has 1 aliphatic rings. The quantitative estimate of drug-likeness (QED) is 0.635. The van der Waals surface area contributed by atoms with Gasteiger partial charge in [-0.3, -0.25) is 0 Å². The van der Waals surface area contributed by atoms with Crippen LogP contribution in [0.5, 0.6) is 5.75 Å². The van der Waals surface area contributed by atoms with Gasteiger partial charge in [0.2, 0.25) is 0 Å². The van der Waals surface area contributed by atoms with Gasteiger partial charge in [-0.1, -0.05) is 35.3 Å². The number of nitrogens with zero attached hydrogens (tertiary/aromatic N) is 2. The summed E-state index contributed by atoms with van der Waals surface area (Å²) in [6.45, 7) is 0.918. The molecule has 4 rings (SSSR count). The summed E-state index contributed by atoms with van der Waals surface area (Å²) < 4.78 is 7.47. The van der Waals surface area contributed by atoms with Gasteiger partial charge in [-0.2, -0.15) is 5.10 Å². The van der Waals surface area contributed by atoms with E-state index in [1.807, 2.05) is 41.1 Å². The number of halogens is 2. The minimum atomic E-state index is 0.606. The Morgan fingerprint density at radius 3 is 2.77 bits per heavy atom. The molecule has 0 fully saturated rings. The minimum absolute atomic E-state index is 0.606. The number of aromatic nitrogens is 2. The van der Waals surface area contributed by atoms with E-state index in [0.717, 1.165) is 54.3 Å². The van der Waals surface area contributed by atoms with Crippen molar-refractivity contribution < 1.29 is 4.74 Å². The third-order valence-electron chi connectivity index (χ3n) is 4.63. The number of rotatable bonds is 3. The summed E-state index contributed by atoms with van der Waals surface area (Å²) in [6, 6.07) is 13.4. The van der Waals surface area contributed by atoms with E-state index in [9.17, 15) is 0 Å². The zero-order valence-corrected chi connectivity index (χ0v) is 15.9. The molecule has 3 aromatic rings. The average Bonchev–Trinajstić information content (AvgIpc) is 2.83. The standard InChI is InChI=1S/C20H19Cl2N3O/c1-26-18-8-3-2-7-17(18)25-20-15(6-4-5-11-23-20)19(24-25)14-10-9-13(21)12-16(14)22/h2-3,7-10,12,23H,4-6,11H2,1H3.